The molecule has 0 aromatic carbocycles. The Bertz CT molecular complexity index is 753. The zero-order valence-electron chi connectivity index (χ0n) is 12.8. The van der Waals surface area contributed by atoms with Crippen molar-refractivity contribution in [3.63, 3.8) is 0 Å². The molecule has 0 aliphatic rings. The summed E-state index contributed by atoms with van der Waals surface area (Å²) in [5, 5.41) is 8.93. The van der Waals surface area contributed by atoms with Crippen LogP contribution in [0, 0.1) is 6.92 Å². The monoisotopic (exact) mass is 283 g/mol. The molecule has 0 saturated carbocycles. The molecule has 0 aliphatic carbocycles. The second kappa shape index (κ2) is 5.60. The highest BCUT2D eigenvalue weighted by Gasteiger charge is 2.07. The molecule has 3 aromatic heterocycles. The van der Waals surface area contributed by atoms with Gasteiger partial charge in [0.05, 0.1) is 17.6 Å². The van der Waals surface area contributed by atoms with Crippen LogP contribution >= 0.6 is 0 Å². The molecule has 0 aliphatic heterocycles. The number of nitrogens with one attached hydrogen (secondary N) is 1. The summed E-state index contributed by atoms with van der Waals surface area (Å²) in [4.78, 5) is 4.48. The van der Waals surface area contributed by atoms with Crippen LogP contribution in [0.1, 0.15) is 24.6 Å². The van der Waals surface area contributed by atoms with E-state index >= 15 is 0 Å². The van der Waals surface area contributed by atoms with Crippen LogP contribution in [-0.4, -0.2) is 19.3 Å². The van der Waals surface area contributed by atoms with Gasteiger partial charge in [-0.25, -0.2) is 4.98 Å². The summed E-state index contributed by atoms with van der Waals surface area (Å²) in [5.41, 5.74) is 4.25. The minimum atomic E-state index is 0.809. The van der Waals surface area contributed by atoms with Gasteiger partial charge >= 0.3 is 0 Å². The molecular formula is C16H21N5. The second-order valence-corrected chi connectivity index (χ2v) is 5.42. The number of pyridine rings is 1. The molecular weight excluding hydrogens is 262 g/mol. The van der Waals surface area contributed by atoms with Gasteiger partial charge in [-0.3, -0.25) is 4.68 Å². The maximum absolute atomic E-state index is 4.48. The predicted octanol–water partition coefficient (Wildman–Crippen LogP) is 3.10. The third kappa shape index (κ3) is 2.77. The number of aryl methyl sites for hydroxylation is 3. The number of aromatic nitrogens is 4. The van der Waals surface area contributed by atoms with E-state index in [1.165, 1.54) is 5.56 Å². The summed E-state index contributed by atoms with van der Waals surface area (Å²) in [5.74, 6) is 0. The normalized spacial score (nSPS) is 11.2. The fourth-order valence-electron chi connectivity index (χ4n) is 2.60. The summed E-state index contributed by atoms with van der Waals surface area (Å²) in [6, 6.07) is 4.28. The van der Waals surface area contributed by atoms with Crippen molar-refractivity contribution in [2.24, 2.45) is 7.05 Å². The van der Waals surface area contributed by atoms with Crippen molar-refractivity contribution in [3.05, 3.63) is 42.0 Å². The molecule has 1 N–H and O–H groups in total. The van der Waals surface area contributed by atoms with E-state index < -0.39 is 0 Å². The summed E-state index contributed by atoms with van der Waals surface area (Å²) < 4.78 is 4.04. The van der Waals surface area contributed by atoms with Crippen LogP contribution in [-0.2, 0) is 20.1 Å². The lowest BCUT2D eigenvalue weighted by atomic mass is 10.2. The van der Waals surface area contributed by atoms with Gasteiger partial charge < -0.3 is 9.88 Å². The SMILES string of the molecule is CCCn1ccc(CNc2cnc3c(c2)c(C)nn3C)c1. The standard InChI is InChI=1S/C16H21N5/c1-4-6-21-7-5-13(11-21)9-17-14-8-15-12(2)19-20(3)16(15)18-10-14/h5,7-8,10-11,17H,4,6,9H2,1-3H3. The molecule has 5 nitrogen and oxygen atoms in total. The third-order valence-corrected chi connectivity index (χ3v) is 3.65. The highest BCUT2D eigenvalue weighted by Crippen LogP contribution is 2.19. The number of hydrogen-bond acceptors (Lipinski definition) is 3. The van der Waals surface area contributed by atoms with E-state index in [-0.39, 0.29) is 0 Å². The largest absolute Gasteiger partial charge is 0.380 e. The predicted molar refractivity (Wildman–Crippen MR) is 85.3 cm³/mol. The first-order chi connectivity index (χ1) is 10.2. The van der Waals surface area contributed by atoms with Crippen molar-refractivity contribution in [3.8, 4) is 0 Å². The Balaban J connectivity index is 1.73. The third-order valence-electron chi connectivity index (χ3n) is 3.65. The number of anilines is 1. The lowest BCUT2D eigenvalue weighted by Crippen LogP contribution is -2.00. The van der Waals surface area contributed by atoms with Crippen molar-refractivity contribution in [2.45, 2.75) is 33.4 Å². The van der Waals surface area contributed by atoms with E-state index in [4.69, 9.17) is 0 Å². The molecule has 0 saturated heterocycles. The number of nitrogens with zero attached hydrogens (tertiary/aromatic N) is 4. The average molecular weight is 283 g/mol. The molecule has 3 rings (SSSR count). The Kier molecular flexibility index (Phi) is 3.64. The molecule has 110 valence electrons. The van der Waals surface area contributed by atoms with Crippen LogP contribution < -0.4 is 5.32 Å². The van der Waals surface area contributed by atoms with Gasteiger partial charge in [0.2, 0.25) is 0 Å². The molecule has 0 fully saturated rings. The molecule has 3 heterocycles. The van der Waals surface area contributed by atoms with Crippen LogP contribution in [0.4, 0.5) is 5.69 Å². The summed E-state index contributed by atoms with van der Waals surface area (Å²) in [6.45, 7) is 6.08. The van der Waals surface area contributed by atoms with Gasteiger partial charge in [0.1, 0.15) is 0 Å². The lowest BCUT2D eigenvalue weighted by molar-refractivity contribution is 0.682. The maximum atomic E-state index is 4.48. The minimum absolute atomic E-state index is 0.809. The van der Waals surface area contributed by atoms with E-state index in [1.807, 2.05) is 24.9 Å². The number of rotatable bonds is 5. The zero-order valence-corrected chi connectivity index (χ0v) is 12.8. The fourth-order valence-corrected chi connectivity index (χ4v) is 2.60. The first-order valence-electron chi connectivity index (χ1n) is 7.35. The Morgan fingerprint density at radius 3 is 3.00 bits per heavy atom. The van der Waals surface area contributed by atoms with E-state index in [9.17, 15) is 0 Å². The van der Waals surface area contributed by atoms with Gasteiger partial charge in [0.15, 0.2) is 5.65 Å². The van der Waals surface area contributed by atoms with E-state index in [1.54, 1.807) is 0 Å². The quantitative estimate of drug-likeness (QED) is 0.782. The highest BCUT2D eigenvalue weighted by molar-refractivity contribution is 5.81. The first kappa shape index (κ1) is 13.7. The molecule has 0 bridgehead atoms. The summed E-state index contributed by atoms with van der Waals surface area (Å²) in [7, 11) is 1.92. The molecule has 5 heteroatoms. The number of hydrogen-bond donors (Lipinski definition) is 1. The zero-order chi connectivity index (χ0) is 14.8. The molecule has 0 radical (unpaired) electrons. The van der Waals surface area contributed by atoms with Gasteiger partial charge in [-0.1, -0.05) is 6.92 Å². The minimum Gasteiger partial charge on any atom is -0.380 e. The summed E-state index contributed by atoms with van der Waals surface area (Å²) >= 11 is 0. The smallest absolute Gasteiger partial charge is 0.157 e. The Labute approximate surface area is 124 Å². The van der Waals surface area contributed by atoms with Crippen molar-refractivity contribution in [2.75, 3.05) is 5.32 Å². The Morgan fingerprint density at radius 2 is 2.19 bits per heavy atom. The van der Waals surface area contributed by atoms with Gasteiger partial charge in [-0.05, 0) is 31.0 Å². The second-order valence-electron chi connectivity index (χ2n) is 5.42. The summed E-state index contributed by atoms with van der Waals surface area (Å²) in [6.07, 6.45) is 7.35. The molecule has 0 unspecified atom stereocenters. The first-order valence-corrected chi connectivity index (χ1v) is 7.35. The molecule has 3 aromatic rings. The van der Waals surface area contributed by atoms with Crippen LogP contribution in [0.25, 0.3) is 11.0 Å². The maximum Gasteiger partial charge on any atom is 0.157 e. The van der Waals surface area contributed by atoms with Crippen molar-refractivity contribution < 1.29 is 0 Å². The van der Waals surface area contributed by atoms with E-state index in [0.717, 1.165) is 41.9 Å². The van der Waals surface area contributed by atoms with Crippen molar-refractivity contribution >= 4 is 16.7 Å². The molecule has 0 amide bonds. The fraction of sp³-hybridized carbons (Fsp3) is 0.375. The molecule has 21 heavy (non-hydrogen) atoms. The lowest BCUT2D eigenvalue weighted by Gasteiger charge is -2.05. The Morgan fingerprint density at radius 1 is 1.33 bits per heavy atom. The Hall–Kier alpha value is -2.30. The van der Waals surface area contributed by atoms with Crippen molar-refractivity contribution in [1.82, 2.24) is 19.3 Å². The molecule has 0 spiro atoms. The number of fused-ring (bicyclic) bond motifs is 1. The van der Waals surface area contributed by atoms with Gasteiger partial charge in [-0.15, -0.1) is 0 Å². The topological polar surface area (TPSA) is 47.7 Å². The van der Waals surface area contributed by atoms with Gasteiger partial charge in [0, 0.05) is 37.9 Å². The van der Waals surface area contributed by atoms with Gasteiger partial charge in [-0.2, -0.15) is 5.10 Å². The van der Waals surface area contributed by atoms with E-state index in [0.29, 0.717) is 0 Å². The van der Waals surface area contributed by atoms with Gasteiger partial charge in [0.25, 0.3) is 0 Å². The van der Waals surface area contributed by atoms with Crippen LogP contribution in [0.15, 0.2) is 30.7 Å². The van der Waals surface area contributed by atoms with Crippen LogP contribution in [0.2, 0.25) is 0 Å². The molecule has 0 atom stereocenters. The van der Waals surface area contributed by atoms with Crippen molar-refractivity contribution in [1.29, 1.82) is 0 Å². The average Bonchev–Trinajstić information content (AvgIpc) is 3.03. The van der Waals surface area contributed by atoms with Crippen LogP contribution in [0.5, 0.6) is 0 Å². The van der Waals surface area contributed by atoms with Crippen LogP contribution in [0.3, 0.4) is 0 Å². The highest BCUT2D eigenvalue weighted by atomic mass is 15.3. The van der Waals surface area contributed by atoms with E-state index in [2.05, 4.69) is 51.4 Å².